The van der Waals surface area contributed by atoms with Gasteiger partial charge in [0.05, 0.1) is 25.4 Å². The predicted octanol–water partition coefficient (Wildman–Crippen LogP) is 7.35. The number of carboxylic acids is 1. The van der Waals surface area contributed by atoms with Gasteiger partial charge in [0, 0.05) is 20.8 Å². The fraction of sp³-hybridized carbons (Fsp3) is 0.0500. The first-order chi connectivity index (χ1) is 14.2. The fourth-order valence-corrected chi connectivity index (χ4v) is 4.78. The molecule has 0 aromatic heterocycles. The van der Waals surface area contributed by atoms with E-state index in [4.69, 9.17) is 23.2 Å². The Hall–Kier alpha value is -2.26. The second kappa shape index (κ2) is 9.26. The van der Waals surface area contributed by atoms with E-state index in [0.717, 1.165) is 29.6 Å². The molecule has 0 heterocycles. The first kappa shape index (κ1) is 22.4. The fourth-order valence-electron chi connectivity index (χ4n) is 2.50. The molecule has 0 aliphatic heterocycles. The Labute approximate surface area is 189 Å². The maximum Gasteiger partial charge on any atom is 0.336 e. The summed E-state index contributed by atoms with van der Waals surface area (Å²) in [6.45, 7) is 1.47. The van der Waals surface area contributed by atoms with Crippen LogP contribution in [0.1, 0.15) is 15.9 Å². The van der Waals surface area contributed by atoms with Crippen molar-refractivity contribution in [2.45, 2.75) is 26.5 Å². The van der Waals surface area contributed by atoms with Crippen molar-refractivity contribution in [3.63, 3.8) is 0 Å². The molecule has 154 valence electrons. The number of nitro benzene ring substituents is 1. The maximum absolute atomic E-state index is 14.0. The molecule has 0 unspecified atom stereocenters. The molecular formula is C20H12Cl2FNO4S2. The Bertz CT molecular complexity index is 1170. The number of benzene rings is 3. The van der Waals surface area contributed by atoms with E-state index in [2.05, 4.69) is 0 Å². The van der Waals surface area contributed by atoms with Gasteiger partial charge in [-0.1, -0.05) is 46.7 Å². The third-order valence-corrected chi connectivity index (χ3v) is 6.81. The number of aromatic carboxylic acids is 1. The molecule has 3 aromatic carbocycles. The minimum Gasteiger partial charge on any atom is -0.478 e. The highest BCUT2D eigenvalue weighted by molar-refractivity contribution is 8.00. The van der Waals surface area contributed by atoms with Crippen LogP contribution in [0.25, 0.3) is 0 Å². The number of halogens is 3. The van der Waals surface area contributed by atoms with Crippen LogP contribution in [0.15, 0.2) is 68.1 Å². The summed E-state index contributed by atoms with van der Waals surface area (Å²) >= 11 is 14.0. The Kier molecular flexibility index (Phi) is 6.92. The Morgan fingerprint density at radius 1 is 1.00 bits per heavy atom. The number of nitro groups is 1. The van der Waals surface area contributed by atoms with Gasteiger partial charge in [0.2, 0.25) is 0 Å². The van der Waals surface area contributed by atoms with E-state index in [1.165, 1.54) is 19.1 Å². The van der Waals surface area contributed by atoms with Crippen LogP contribution in [0.2, 0.25) is 10.0 Å². The van der Waals surface area contributed by atoms with Crippen molar-refractivity contribution < 1.29 is 19.2 Å². The van der Waals surface area contributed by atoms with Crippen molar-refractivity contribution in [1.29, 1.82) is 0 Å². The summed E-state index contributed by atoms with van der Waals surface area (Å²) in [5.41, 5.74) is -0.0348. The normalized spacial score (nSPS) is 10.8. The summed E-state index contributed by atoms with van der Waals surface area (Å²) in [6, 6.07) is 11.8. The molecule has 3 rings (SSSR count). The highest BCUT2D eigenvalue weighted by atomic mass is 35.5. The zero-order valence-electron chi connectivity index (χ0n) is 15.2. The average Bonchev–Trinajstić information content (AvgIpc) is 2.68. The summed E-state index contributed by atoms with van der Waals surface area (Å²) in [7, 11) is 0. The molecule has 0 aliphatic carbocycles. The van der Waals surface area contributed by atoms with Crippen LogP contribution in [-0.2, 0) is 0 Å². The molecule has 5 nitrogen and oxygen atoms in total. The van der Waals surface area contributed by atoms with Crippen LogP contribution in [0.4, 0.5) is 10.1 Å². The number of hydrogen-bond acceptors (Lipinski definition) is 5. The number of nitrogens with zero attached hydrogens (tertiary/aromatic N) is 1. The smallest absolute Gasteiger partial charge is 0.336 e. The molecule has 0 bridgehead atoms. The Morgan fingerprint density at radius 2 is 1.63 bits per heavy atom. The summed E-state index contributed by atoms with van der Waals surface area (Å²) in [6.07, 6.45) is 0. The van der Waals surface area contributed by atoms with E-state index < -0.39 is 16.7 Å². The third kappa shape index (κ3) is 5.07. The number of hydrogen-bond donors (Lipinski definition) is 1. The minimum atomic E-state index is -1.21. The lowest BCUT2D eigenvalue weighted by atomic mass is 10.1. The number of rotatable bonds is 6. The molecule has 0 saturated heterocycles. The quantitative estimate of drug-likeness (QED) is 0.291. The van der Waals surface area contributed by atoms with Gasteiger partial charge >= 0.3 is 5.97 Å². The van der Waals surface area contributed by atoms with E-state index in [0.29, 0.717) is 24.7 Å². The maximum atomic E-state index is 14.0. The van der Waals surface area contributed by atoms with Gasteiger partial charge in [-0.15, -0.1) is 0 Å². The van der Waals surface area contributed by atoms with Gasteiger partial charge in [-0.05, 0) is 55.0 Å². The van der Waals surface area contributed by atoms with Crippen LogP contribution in [0.5, 0.6) is 0 Å². The predicted molar refractivity (Wildman–Crippen MR) is 116 cm³/mol. The molecule has 30 heavy (non-hydrogen) atoms. The first-order valence-corrected chi connectivity index (χ1v) is 10.7. The molecule has 10 heteroatoms. The van der Waals surface area contributed by atoms with Crippen molar-refractivity contribution in [2.75, 3.05) is 0 Å². The lowest BCUT2D eigenvalue weighted by molar-refractivity contribution is -0.387. The molecule has 1 N–H and O–H groups in total. The standard InChI is InChI=1S/C20H12Cl2FNO4S2/c1-10-6-13(20(25)26)19(9-16(10)23)30-12-3-5-18(17(8-12)24(27)28)29-11-2-4-14(21)15(22)7-11/h2-9H,1H3,(H,25,26). The summed E-state index contributed by atoms with van der Waals surface area (Å²) in [4.78, 5) is 24.2. The average molecular weight is 484 g/mol. The number of carboxylic acid groups (broad SMARTS) is 1. The summed E-state index contributed by atoms with van der Waals surface area (Å²) in [5.74, 6) is -1.76. The number of aryl methyl sites for hydroxylation is 1. The third-order valence-electron chi connectivity index (χ3n) is 3.97. The Balaban J connectivity index is 1.96. The Morgan fingerprint density at radius 3 is 2.27 bits per heavy atom. The van der Waals surface area contributed by atoms with Gasteiger partial charge in [-0.25, -0.2) is 9.18 Å². The van der Waals surface area contributed by atoms with Crippen molar-refractivity contribution in [1.82, 2.24) is 0 Å². The van der Waals surface area contributed by atoms with E-state index in [1.54, 1.807) is 30.3 Å². The van der Waals surface area contributed by atoms with Crippen molar-refractivity contribution in [2.24, 2.45) is 0 Å². The topological polar surface area (TPSA) is 80.4 Å². The molecule has 0 radical (unpaired) electrons. The lowest BCUT2D eigenvalue weighted by Gasteiger charge is -2.10. The van der Waals surface area contributed by atoms with Crippen molar-refractivity contribution in [3.05, 3.63) is 85.6 Å². The molecule has 0 spiro atoms. The molecule has 3 aromatic rings. The van der Waals surface area contributed by atoms with Crippen LogP contribution < -0.4 is 0 Å². The summed E-state index contributed by atoms with van der Waals surface area (Å²) < 4.78 is 14.0. The lowest BCUT2D eigenvalue weighted by Crippen LogP contribution is -2.01. The molecular weight excluding hydrogens is 472 g/mol. The van der Waals surface area contributed by atoms with Crippen LogP contribution in [0.3, 0.4) is 0 Å². The van der Waals surface area contributed by atoms with E-state index >= 15 is 0 Å². The van der Waals surface area contributed by atoms with Crippen LogP contribution in [-0.4, -0.2) is 16.0 Å². The monoisotopic (exact) mass is 483 g/mol. The second-order valence-electron chi connectivity index (χ2n) is 6.07. The minimum absolute atomic E-state index is 0.0733. The largest absolute Gasteiger partial charge is 0.478 e. The van der Waals surface area contributed by atoms with E-state index in [-0.39, 0.29) is 21.7 Å². The van der Waals surface area contributed by atoms with Gasteiger partial charge in [0.25, 0.3) is 5.69 Å². The van der Waals surface area contributed by atoms with Crippen LogP contribution in [0, 0.1) is 22.9 Å². The van der Waals surface area contributed by atoms with E-state index in [9.17, 15) is 24.4 Å². The highest BCUT2D eigenvalue weighted by Gasteiger charge is 2.19. The van der Waals surface area contributed by atoms with Crippen LogP contribution >= 0.6 is 46.7 Å². The van der Waals surface area contributed by atoms with Crippen molar-refractivity contribution >= 4 is 58.4 Å². The molecule has 0 amide bonds. The van der Waals surface area contributed by atoms with Gasteiger partial charge < -0.3 is 5.11 Å². The molecule has 0 saturated carbocycles. The molecule has 0 fully saturated rings. The van der Waals surface area contributed by atoms with Gasteiger partial charge in [0.15, 0.2) is 0 Å². The van der Waals surface area contributed by atoms with Gasteiger partial charge in [-0.2, -0.15) is 0 Å². The SMILES string of the molecule is Cc1cc(C(=O)O)c(Sc2ccc(Sc3ccc(Cl)c(Cl)c3)c([N+](=O)[O-])c2)cc1F. The number of carbonyl (C=O) groups is 1. The van der Waals surface area contributed by atoms with Crippen molar-refractivity contribution in [3.8, 4) is 0 Å². The first-order valence-electron chi connectivity index (χ1n) is 8.28. The summed E-state index contributed by atoms with van der Waals surface area (Å²) in [5, 5.41) is 21.7. The molecule has 0 aliphatic rings. The second-order valence-corrected chi connectivity index (χ2v) is 9.11. The highest BCUT2D eigenvalue weighted by Crippen LogP contribution is 2.41. The zero-order valence-corrected chi connectivity index (χ0v) is 18.3. The van der Waals surface area contributed by atoms with E-state index in [1.807, 2.05) is 0 Å². The van der Waals surface area contributed by atoms with Gasteiger partial charge in [-0.3, -0.25) is 10.1 Å². The zero-order chi connectivity index (χ0) is 22.0. The van der Waals surface area contributed by atoms with Gasteiger partial charge in [0.1, 0.15) is 5.82 Å². The molecule has 0 atom stereocenters.